The lowest BCUT2D eigenvalue weighted by molar-refractivity contribution is -0.160. The fourth-order valence-electron chi connectivity index (χ4n) is 2.33. The maximum absolute atomic E-state index is 12.2. The largest absolute Gasteiger partial charge is 0.383 e. The monoisotopic (exact) mass is 242 g/mol. The van der Waals surface area contributed by atoms with Crippen LogP contribution in [0.2, 0.25) is 0 Å². The van der Waals surface area contributed by atoms with Gasteiger partial charge in [-0.1, -0.05) is 6.92 Å². The van der Waals surface area contributed by atoms with E-state index in [-0.39, 0.29) is 17.9 Å². The molecule has 1 fully saturated rings. The van der Waals surface area contributed by atoms with Crippen LogP contribution in [0.5, 0.6) is 0 Å². The molecule has 1 aliphatic heterocycles. The molecular formula is C12H22N2O3. The summed E-state index contributed by atoms with van der Waals surface area (Å²) in [7, 11) is 1.59. The number of hydrogen-bond acceptors (Lipinski definition) is 3. The maximum atomic E-state index is 12.2. The van der Waals surface area contributed by atoms with Crippen LogP contribution in [0.1, 0.15) is 34.1 Å². The summed E-state index contributed by atoms with van der Waals surface area (Å²) in [5, 5.41) is 2.73. The number of nitrogens with zero attached hydrogens (tertiary/aromatic N) is 1. The van der Waals surface area contributed by atoms with Crippen LogP contribution < -0.4 is 5.32 Å². The fraction of sp³-hybridized carbons (Fsp3) is 0.833. The van der Waals surface area contributed by atoms with E-state index in [2.05, 4.69) is 5.32 Å². The van der Waals surface area contributed by atoms with Gasteiger partial charge in [0.05, 0.1) is 12.6 Å². The topological polar surface area (TPSA) is 58.6 Å². The molecule has 0 bridgehead atoms. The zero-order valence-corrected chi connectivity index (χ0v) is 11.2. The first-order valence-electron chi connectivity index (χ1n) is 6.01. The summed E-state index contributed by atoms with van der Waals surface area (Å²) >= 11 is 0. The summed E-state index contributed by atoms with van der Waals surface area (Å²) in [6, 6.07) is -0.563. The van der Waals surface area contributed by atoms with Crippen molar-refractivity contribution in [3.63, 3.8) is 0 Å². The summed E-state index contributed by atoms with van der Waals surface area (Å²) in [5.41, 5.74) is -0.776. The van der Waals surface area contributed by atoms with Gasteiger partial charge in [-0.2, -0.15) is 0 Å². The predicted octanol–water partition coefficient (Wildman–Crippen LogP) is 0.537. The third kappa shape index (κ3) is 2.29. The van der Waals surface area contributed by atoms with Gasteiger partial charge in [-0.3, -0.25) is 9.59 Å². The zero-order valence-electron chi connectivity index (χ0n) is 11.2. The van der Waals surface area contributed by atoms with Crippen molar-refractivity contribution < 1.29 is 14.3 Å². The SMILES string of the molecule is CCC1(C)C(=O)NC(C)C(=O)N1C(C)COC. The Balaban J connectivity index is 3.07. The lowest BCUT2D eigenvalue weighted by Crippen LogP contribution is -2.71. The van der Waals surface area contributed by atoms with Gasteiger partial charge in [0.1, 0.15) is 11.6 Å². The highest BCUT2D eigenvalue weighted by Gasteiger charge is 2.48. The van der Waals surface area contributed by atoms with Crippen molar-refractivity contribution >= 4 is 11.8 Å². The number of nitrogens with one attached hydrogen (secondary N) is 1. The Morgan fingerprint density at radius 2 is 2.12 bits per heavy atom. The van der Waals surface area contributed by atoms with Gasteiger partial charge in [0, 0.05) is 7.11 Å². The van der Waals surface area contributed by atoms with Crippen molar-refractivity contribution in [2.45, 2.75) is 51.7 Å². The van der Waals surface area contributed by atoms with E-state index in [1.54, 1.807) is 25.9 Å². The third-order valence-corrected chi connectivity index (χ3v) is 3.51. The number of amides is 2. The van der Waals surface area contributed by atoms with Crippen molar-refractivity contribution in [3.8, 4) is 0 Å². The Bertz CT molecular complexity index is 319. The lowest BCUT2D eigenvalue weighted by atomic mass is 9.89. The van der Waals surface area contributed by atoms with Crippen LogP contribution >= 0.6 is 0 Å². The van der Waals surface area contributed by atoms with Crippen molar-refractivity contribution in [1.29, 1.82) is 0 Å². The molecule has 3 atom stereocenters. The van der Waals surface area contributed by atoms with Crippen molar-refractivity contribution in [2.24, 2.45) is 0 Å². The Morgan fingerprint density at radius 1 is 1.53 bits per heavy atom. The van der Waals surface area contributed by atoms with Crippen molar-refractivity contribution in [3.05, 3.63) is 0 Å². The molecule has 5 nitrogen and oxygen atoms in total. The molecule has 1 saturated heterocycles. The standard InChI is InChI=1S/C12H22N2O3/c1-6-12(4)11(16)13-9(3)10(15)14(12)8(2)7-17-5/h8-9H,6-7H2,1-5H3,(H,13,16). The Labute approximate surface area is 102 Å². The highest BCUT2D eigenvalue weighted by Crippen LogP contribution is 2.27. The van der Waals surface area contributed by atoms with Gasteiger partial charge in [-0.25, -0.2) is 0 Å². The lowest BCUT2D eigenvalue weighted by Gasteiger charge is -2.48. The van der Waals surface area contributed by atoms with Gasteiger partial charge in [0.2, 0.25) is 11.8 Å². The van der Waals surface area contributed by atoms with Crippen LogP contribution in [-0.2, 0) is 14.3 Å². The van der Waals surface area contributed by atoms with E-state index in [0.29, 0.717) is 13.0 Å². The molecule has 1 rings (SSSR count). The van der Waals surface area contributed by atoms with Gasteiger partial charge >= 0.3 is 0 Å². The molecule has 0 radical (unpaired) electrons. The molecule has 0 saturated carbocycles. The van der Waals surface area contributed by atoms with Crippen LogP contribution in [0.15, 0.2) is 0 Å². The van der Waals surface area contributed by atoms with Gasteiger partial charge in [0.25, 0.3) is 0 Å². The molecule has 0 aromatic rings. The molecule has 0 aromatic heterocycles. The van der Waals surface area contributed by atoms with E-state index in [0.717, 1.165) is 0 Å². The number of methoxy groups -OCH3 is 1. The molecule has 3 unspecified atom stereocenters. The summed E-state index contributed by atoms with van der Waals surface area (Å²) < 4.78 is 5.09. The molecule has 1 aliphatic rings. The predicted molar refractivity (Wildman–Crippen MR) is 64.5 cm³/mol. The minimum Gasteiger partial charge on any atom is -0.383 e. The number of piperazine rings is 1. The first kappa shape index (κ1) is 14.0. The fourth-order valence-corrected chi connectivity index (χ4v) is 2.33. The number of carbonyl (C=O) groups is 2. The number of carbonyl (C=O) groups excluding carboxylic acids is 2. The first-order chi connectivity index (χ1) is 7.88. The molecular weight excluding hydrogens is 220 g/mol. The minimum absolute atomic E-state index is 0.0431. The molecule has 1 heterocycles. The highest BCUT2D eigenvalue weighted by atomic mass is 16.5. The normalized spacial score (nSPS) is 31.4. The highest BCUT2D eigenvalue weighted by molar-refractivity contribution is 5.99. The molecule has 0 aromatic carbocycles. The molecule has 0 aliphatic carbocycles. The van der Waals surface area contributed by atoms with Gasteiger partial charge in [0.15, 0.2) is 0 Å². The van der Waals surface area contributed by atoms with Crippen molar-refractivity contribution in [1.82, 2.24) is 10.2 Å². The Hall–Kier alpha value is -1.10. The summed E-state index contributed by atoms with van der Waals surface area (Å²) in [6.07, 6.45) is 0.589. The second-order valence-corrected chi connectivity index (χ2v) is 4.84. The van der Waals surface area contributed by atoms with Crippen molar-refractivity contribution in [2.75, 3.05) is 13.7 Å². The molecule has 1 N–H and O–H groups in total. The van der Waals surface area contributed by atoms with E-state index < -0.39 is 11.6 Å². The zero-order chi connectivity index (χ0) is 13.2. The van der Waals surface area contributed by atoms with Gasteiger partial charge in [-0.15, -0.1) is 0 Å². The first-order valence-corrected chi connectivity index (χ1v) is 6.01. The van der Waals surface area contributed by atoms with E-state index >= 15 is 0 Å². The van der Waals surface area contributed by atoms with Crippen LogP contribution in [-0.4, -0.2) is 48.1 Å². The number of rotatable bonds is 4. The summed E-state index contributed by atoms with van der Waals surface area (Å²) in [5.74, 6) is -0.131. The molecule has 17 heavy (non-hydrogen) atoms. The van der Waals surface area contributed by atoms with Crippen LogP contribution in [0.4, 0.5) is 0 Å². The molecule has 2 amide bonds. The number of hydrogen-bond donors (Lipinski definition) is 1. The number of ether oxygens (including phenoxy) is 1. The van der Waals surface area contributed by atoms with Gasteiger partial charge in [-0.05, 0) is 27.2 Å². The smallest absolute Gasteiger partial charge is 0.246 e. The summed E-state index contributed by atoms with van der Waals surface area (Å²) in [4.78, 5) is 26.0. The Kier molecular flexibility index (Phi) is 4.14. The second-order valence-electron chi connectivity index (χ2n) is 4.84. The maximum Gasteiger partial charge on any atom is 0.246 e. The average Bonchev–Trinajstić information content (AvgIpc) is 2.27. The van der Waals surface area contributed by atoms with E-state index in [9.17, 15) is 9.59 Å². The third-order valence-electron chi connectivity index (χ3n) is 3.51. The van der Waals surface area contributed by atoms with E-state index in [1.807, 2.05) is 13.8 Å². The average molecular weight is 242 g/mol. The van der Waals surface area contributed by atoms with Crippen LogP contribution in [0.25, 0.3) is 0 Å². The second kappa shape index (κ2) is 5.04. The van der Waals surface area contributed by atoms with Gasteiger partial charge < -0.3 is 15.0 Å². The summed E-state index contributed by atoms with van der Waals surface area (Å²) in [6.45, 7) is 7.76. The van der Waals surface area contributed by atoms with E-state index in [1.165, 1.54) is 0 Å². The minimum atomic E-state index is -0.776. The molecule has 5 heteroatoms. The molecule has 98 valence electrons. The van der Waals surface area contributed by atoms with E-state index in [4.69, 9.17) is 4.74 Å². The van der Waals surface area contributed by atoms with Crippen LogP contribution in [0, 0.1) is 0 Å². The van der Waals surface area contributed by atoms with Crippen LogP contribution in [0.3, 0.4) is 0 Å². The quantitative estimate of drug-likeness (QED) is 0.782. The Morgan fingerprint density at radius 3 is 2.59 bits per heavy atom. The molecule has 0 spiro atoms.